The number of primary amides is 1. The van der Waals surface area contributed by atoms with Crippen LogP contribution in [0, 0.1) is 0 Å². The van der Waals surface area contributed by atoms with Gasteiger partial charge in [0.2, 0.25) is 0 Å². The Kier molecular flexibility index (Phi) is 7.54. The number of hydrogen-bond donors (Lipinski definition) is 2. The molecule has 0 atom stereocenters. The van der Waals surface area contributed by atoms with Gasteiger partial charge in [-0.15, -0.1) is 0 Å². The van der Waals surface area contributed by atoms with Crippen LogP contribution in [-0.4, -0.2) is 43.5 Å². The van der Waals surface area contributed by atoms with Crippen LogP contribution in [0.2, 0.25) is 5.02 Å². The van der Waals surface area contributed by atoms with Crippen LogP contribution in [0.3, 0.4) is 0 Å². The van der Waals surface area contributed by atoms with Crippen LogP contribution in [0.25, 0.3) is 0 Å². The summed E-state index contributed by atoms with van der Waals surface area (Å²) in [5.74, 6) is -0.512. The van der Waals surface area contributed by atoms with E-state index in [0.717, 1.165) is 25.2 Å². The molecular weight excluding hydrogens is 406 g/mol. The Balaban J connectivity index is 1.60. The number of rotatable bonds is 9. The second-order valence-corrected chi connectivity index (χ2v) is 7.63. The van der Waals surface area contributed by atoms with E-state index in [2.05, 4.69) is 22.3 Å². The van der Waals surface area contributed by atoms with E-state index in [-0.39, 0.29) is 29.0 Å². The quantitative estimate of drug-likeness (QED) is 0.636. The van der Waals surface area contributed by atoms with E-state index in [4.69, 9.17) is 26.8 Å². The van der Waals surface area contributed by atoms with Crippen LogP contribution in [-0.2, 0) is 17.9 Å². The summed E-state index contributed by atoms with van der Waals surface area (Å²) in [5, 5.41) is 3.04. The smallest absolute Gasteiger partial charge is 0.255 e. The Morgan fingerprint density at radius 3 is 2.43 bits per heavy atom. The number of ether oxygens (including phenoxy) is 2. The van der Waals surface area contributed by atoms with E-state index in [1.807, 2.05) is 12.1 Å². The summed E-state index contributed by atoms with van der Waals surface area (Å²) >= 11 is 6.20. The first-order valence-electron chi connectivity index (χ1n) is 9.83. The molecule has 1 heterocycles. The van der Waals surface area contributed by atoms with Gasteiger partial charge in [0.1, 0.15) is 0 Å². The maximum absolute atomic E-state index is 12.6. The molecule has 0 unspecified atom stereocenters. The number of benzene rings is 2. The Morgan fingerprint density at radius 1 is 1.13 bits per heavy atom. The van der Waals surface area contributed by atoms with Crippen molar-refractivity contribution in [2.24, 2.45) is 5.73 Å². The van der Waals surface area contributed by atoms with Gasteiger partial charge in [-0.1, -0.05) is 35.9 Å². The highest BCUT2D eigenvalue weighted by molar-refractivity contribution is 6.32. The SMILES string of the molecule is COc1cc(C(=O)NCc2ccc(CN3CCCC3)cc2)cc(Cl)c1OCC(N)=O. The minimum atomic E-state index is -0.638. The topological polar surface area (TPSA) is 93.9 Å². The molecule has 8 heteroatoms. The zero-order valence-corrected chi connectivity index (χ0v) is 17.7. The highest BCUT2D eigenvalue weighted by atomic mass is 35.5. The zero-order valence-electron chi connectivity index (χ0n) is 16.9. The van der Waals surface area contributed by atoms with Gasteiger partial charge >= 0.3 is 0 Å². The van der Waals surface area contributed by atoms with Crippen LogP contribution in [0.15, 0.2) is 36.4 Å². The van der Waals surface area contributed by atoms with Crippen molar-refractivity contribution in [3.63, 3.8) is 0 Å². The first-order valence-corrected chi connectivity index (χ1v) is 10.2. The molecule has 0 bridgehead atoms. The number of nitrogens with one attached hydrogen (secondary N) is 1. The van der Waals surface area contributed by atoms with E-state index in [0.29, 0.717) is 12.1 Å². The number of nitrogens with two attached hydrogens (primary N) is 1. The van der Waals surface area contributed by atoms with Gasteiger partial charge in [-0.3, -0.25) is 14.5 Å². The fourth-order valence-corrected chi connectivity index (χ4v) is 3.65. The lowest BCUT2D eigenvalue weighted by Gasteiger charge is -2.15. The van der Waals surface area contributed by atoms with E-state index < -0.39 is 5.91 Å². The van der Waals surface area contributed by atoms with Gasteiger partial charge in [0.25, 0.3) is 11.8 Å². The maximum atomic E-state index is 12.6. The third-order valence-corrected chi connectivity index (χ3v) is 5.21. The lowest BCUT2D eigenvalue weighted by molar-refractivity contribution is -0.119. The van der Waals surface area contributed by atoms with Crippen LogP contribution in [0.1, 0.15) is 34.3 Å². The summed E-state index contributed by atoms with van der Waals surface area (Å²) in [5.41, 5.74) is 7.70. The Hall–Kier alpha value is -2.77. The summed E-state index contributed by atoms with van der Waals surface area (Å²) in [6.45, 7) is 3.35. The van der Waals surface area contributed by atoms with Gasteiger partial charge < -0.3 is 20.5 Å². The van der Waals surface area contributed by atoms with Crippen molar-refractivity contribution < 1.29 is 19.1 Å². The van der Waals surface area contributed by atoms with Crippen LogP contribution in [0.4, 0.5) is 0 Å². The Bertz CT molecular complexity index is 896. The molecule has 2 amide bonds. The highest BCUT2D eigenvalue weighted by Gasteiger charge is 2.17. The zero-order chi connectivity index (χ0) is 21.5. The summed E-state index contributed by atoms with van der Waals surface area (Å²) in [4.78, 5) is 25.9. The van der Waals surface area contributed by atoms with Crippen molar-refractivity contribution >= 4 is 23.4 Å². The van der Waals surface area contributed by atoms with Crippen LogP contribution >= 0.6 is 11.6 Å². The molecule has 30 heavy (non-hydrogen) atoms. The van der Waals surface area contributed by atoms with Crippen molar-refractivity contribution in [1.29, 1.82) is 0 Å². The third kappa shape index (κ3) is 5.87. The van der Waals surface area contributed by atoms with Gasteiger partial charge in [0, 0.05) is 18.7 Å². The van der Waals surface area contributed by atoms with Crippen molar-refractivity contribution in [1.82, 2.24) is 10.2 Å². The van der Waals surface area contributed by atoms with E-state index >= 15 is 0 Å². The average Bonchev–Trinajstić information content (AvgIpc) is 3.24. The third-order valence-electron chi connectivity index (χ3n) is 4.93. The molecule has 1 fully saturated rings. The van der Waals surface area contributed by atoms with E-state index in [1.165, 1.54) is 37.6 Å². The fourth-order valence-electron chi connectivity index (χ4n) is 3.38. The van der Waals surface area contributed by atoms with Gasteiger partial charge in [-0.05, 0) is 49.2 Å². The lowest BCUT2D eigenvalue weighted by atomic mass is 10.1. The Labute approximate surface area is 181 Å². The summed E-state index contributed by atoms with van der Waals surface area (Å²) < 4.78 is 10.5. The first-order chi connectivity index (χ1) is 14.5. The summed E-state index contributed by atoms with van der Waals surface area (Å²) in [6.07, 6.45) is 2.55. The number of carbonyl (C=O) groups excluding carboxylic acids is 2. The molecule has 0 aromatic heterocycles. The number of likely N-dealkylation sites (tertiary alicyclic amines) is 1. The molecule has 1 aliphatic rings. The lowest BCUT2D eigenvalue weighted by Crippen LogP contribution is -2.23. The van der Waals surface area contributed by atoms with Crippen molar-refractivity contribution in [2.45, 2.75) is 25.9 Å². The Morgan fingerprint density at radius 2 is 1.80 bits per heavy atom. The molecule has 0 radical (unpaired) electrons. The summed E-state index contributed by atoms with van der Waals surface area (Å²) in [7, 11) is 1.42. The van der Waals surface area contributed by atoms with Crippen molar-refractivity contribution in [3.05, 3.63) is 58.1 Å². The van der Waals surface area contributed by atoms with Crippen LogP contribution in [0.5, 0.6) is 11.5 Å². The van der Waals surface area contributed by atoms with E-state index in [1.54, 1.807) is 0 Å². The maximum Gasteiger partial charge on any atom is 0.255 e. The molecule has 2 aromatic carbocycles. The van der Waals surface area contributed by atoms with Gasteiger partial charge in [-0.25, -0.2) is 0 Å². The van der Waals surface area contributed by atoms with Crippen molar-refractivity contribution in [3.8, 4) is 11.5 Å². The molecule has 0 saturated carbocycles. The highest BCUT2D eigenvalue weighted by Crippen LogP contribution is 2.36. The van der Waals surface area contributed by atoms with Crippen LogP contribution < -0.4 is 20.5 Å². The minimum absolute atomic E-state index is 0.159. The normalized spacial score (nSPS) is 13.8. The minimum Gasteiger partial charge on any atom is -0.493 e. The number of methoxy groups -OCH3 is 1. The molecule has 3 N–H and O–H groups in total. The number of amides is 2. The van der Waals surface area contributed by atoms with E-state index in [9.17, 15) is 9.59 Å². The molecule has 2 aromatic rings. The molecule has 1 aliphatic heterocycles. The molecular formula is C22H26ClN3O4. The number of halogens is 1. The summed E-state index contributed by atoms with van der Waals surface area (Å²) in [6, 6.07) is 11.2. The van der Waals surface area contributed by atoms with Gasteiger partial charge in [-0.2, -0.15) is 0 Å². The molecule has 3 rings (SSSR count). The first kappa shape index (κ1) is 21.9. The molecule has 1 saturated heterocycles. The molecule has 0 spiro atoms. The largest absolute Gasteiger partial charge is 0.493 e. The molecule has 7 nitrogen and oxygen atoms in total. The molecule has 160 valence electrons. The second kappa shape index (κ2) is 10.3. The van der Waals surface area contributed by atoms with Crippen molar-refractivity contribution in [2.75, 3.05) is 26.8 Å². The van der Waals surface area contributed by atoms with Gasteiger partial charge in [0.05, 0.1) is 12.1 Å². The molecule has 0 aliphatic carbocycles. The predicted octanol–water partition coefficient (Wildman–Crippen LogP) is 2.74. The predicted molar refractivity (Wildman–Crippen MR) is 115 cm³/mol. The average molecular weight is 432 g/mol. The number of hydrogen-bond acceptors (Lipinski definition) is 5. The van der Waals surface area contributed by atoms with Gasteiger partial charge in [0.15, 0.2) is 18.1 Å². The number of nitrogens with zero attached hydrogens (tertiary/aromatic N) is 1. The monoisotopic (exact) mass is 431 g/mol. The second-order valence-electron chi connectivity index (χ2n) is 7.23. The number of carbonyl (C=O) groups is 2. The fraction of sp³-hybridized carbons (Fsp3) is 0.364. The standard InChI is InChI=1S/C22H26ClN3O4/c1-29-19-11-17(10-18(23)21(19)30-14-20(24)27)22(28)25-12-15-4-6-16(7-5-15)13-26-8-2-3-9-26/h4-7,10-11H,2-3,8-9,12-14H2,1H3,(H2,24,27)(H,25,28).